The number of carbonyl (C=O) groups excluding carboxylic acids is 1. The number of hydrogen-bond donors (Lipinski definition) is 0. The van der Waals surface area contributed by atoms with Crippen molar-refractivity contribution in [3.63, 3.8) is 0 Å². The van der Waals surface area contributed by atoms with E-state index in [1.807, 2.05) is 0 Å². The van der Waals surface area contributed by atoms with E-state index in [1.54, 1.807) is 19.1 Å². The van der Waals surface area contributed by atoms with Crippen molar-refractivity contribution in [2.45, 2.75) is 11.8 Å². The topological polar surface area (TPSA) is 120 Å². The summed E-state index contributed by atoms with van der Waals surface area (Å²) in [6.45, 7) is 1.70. The Labute approximate surface area is 202 Å². The Morgan fingerprint density at radius 1 is 0.848 bits per heavy atom. The van der Waals surface area contributed by atoms with Crippen LogP contribution in [-0.2, 0) is 0 Å². The number of fused-ring (bicyclic) bond motifs is 1. The van der Waals surface area contributed by atoms with Gasteiger partial charge in [-0.05, 0) is 24.6 Å². The average molecular weight is 522 g/mol. The molecule has 0 bridgehead atoms. The zero-order chi connectivity index (χ0) is 23.9. The third kappa shape index (κ3) is 2.93. The number of carbonyl (C=O) groups is 1. The van der Waals surface area contributed by atoms with Gasteiger partial charge in [0, 0.05) is 54.4 Å². The highest BCUT2D eigenvalue weighted by molar-refractivity contribution is 8.10. The third-order valence-corrected chi connectivity index (χ3v) is 7.63. The Kier molecular flexibility index (Phi) is 4.81. The minimum absolute atomic E-state index is 0.0493. The molecule has 0 atom stereocenters. The molecule has 0 saturated heterocycles. The molecule has 5 rings (SSSR count). The maximum absolute atomic E-state index is 13.5. The van der Waals surface area contributed by atoms with Crippen LogP contribution < -0.4 is 10.6 Å². The van der Waals surface area contributed by atoms with E-state index < -0.39 is 42.5 Å². The smallest absolute Gasteiger partial charge is 0.289 e. The minimum atomic E-state index is -0.803. The second-order valence-corrected chi connectivity index (χ2v) is 9.58. The highest BCUT2D eigenvalue weighted by atomic mass is 35.5. The minimum Gasteiger partial charge on any atom is -0.289 e. The summed E-state index contributed by atoms with van der Waals surface area (Å²) in [5.41, 5.74) is -0.909. The van der Waals surface area contributed by atoms with Gasteiger partial charge in [-0.2, -0.15) is 0 Å². The molecule has 0 unspecified atom stereocenters. The predicted molar refractivity (Wildman–Crippen MR) is 127 cm³/mol. The van der Waals surface area contributed by atoms with Crippen molar-refractivity contribution >= 4 is 90.2 Å². The first-order valence-corrected chi connectivity index (χ1v) is 11.1. The molecule has 0 N–H and O–H groups in total. The van der Waals surface area contributed by atoms with E-state index in [9.17, 15) is 29.8 Å². The quantitative estimate of drug-likeness (QED) is 0.245. The third-order valence-electron chi connectivity index (χ3n) is 5.51. The van der Waals surface area contributed by atoms with Gasteiger partial charge < -0.3 is 0 Å². The standard InChI is InChI=1S/C21H7Cl3N2O6S/c1-6-2-7(22)3-12-13(6)20(28)21(33-12)15-8-4-10(25(29)30)17(23)16-14(8)9(19(15)27)5-11(18(16)24)26(31)32/h2-5H,1H3/b21-15-. The van der Waals surface area contributed by atoms with Crippen LogP contribution in [0.2, 0.25) is 15.1 Å². The Morgan fingerprint density at radius 2 is 1.42 bits per heavy atom. The summed E-state index contributed by atoms with van der Waals surface area (Å²) in [6, 6.07) is 5.31. The molecule has 1 heterocycles. The molecular weight excluding hydrogens is 515 g/mol. The van der Waals surface area contributed by atoms with Crippen LogP contribution in [0.1, 0.15) is 15.9 Å². The summed E-state index contributed by atoms with van der Waals surface area (Å²) >= 11 is 19.6. The number of Topliss-reactive ketones (excluding diaryl/α,β-unsaturated/α-hetero) is 1. The molecule has 0 aliphatic carbocycles. The number of benzene rings is 3. The molecule has 0 aromatic heterocycles. The van der Waals surface area contributed by atoms with Crippen LogP contribution in [0.15, 0.2) is 34.0 Å². The van der Waals surface area contributed by atoms with Crippen LogP contribution in [0, 0.1) is 27.2 Å². The molecule has 33 heavy (non-hydrogen) atoms. The number of halogens is 3. The molecule has 164 valence electrons. The lowest BCUT2D eigenvalue weighted by Gasteiger charge is -2.06. The molecule has 0 radical (unpaired) electrons. The highest BCUT2D eigenvalue weighted by Crippen LogP contribution is 2.47. The number of ketones is 1. The van der Waals surface area contributed by atoms with Gasteiger partial charge in [0.15, 0.2) is 5.43 Å². The van der Waals surface area contributed by atoms with Crippen molar-refractivity contribution in [3.05, 3.63) is 86.1 Å². The van der Waals surface area contributed by atoms with E-state index in [0.29, 0.717) is 21.0 Å². The summed E-state index contributed by atoms with van der Waals surface area (Å²) in [5, 5.41) is 22.6. The molecule has 0 amide bonds. The van der Waals surface area contributed by atoms with Gasteiger partial charge in [-0.15, -0.1) is 0 Å². The monoisotopic (exact) mass is 520 g/mol. The van der Waals surface area contributed by atoms with Gasteiger partial charge in [-0.3, -0.25) is 29.8 Å². The fourth-order valence-electron chi connectivity index (χ4n) is 4.17. The predicted octanol–water partition coefficient (Wildman–Crippen LogP) is 5.69. The molecule has 0 saturated carbocycles. The SMILES string of the molecule is Cc1cc(Cl)cc2c1C(=O)/C(=c1/c(=O)c3cc([N+](=O)[O-])c(Cl)c4c(Cl)c([N+](=O)[O-])cc1c43)S2. The molecule has 0 spiro atoms. The zero-order valence-electron chi connectivity index (χ0n) is 16.2. The normalized spacial score (nSPS) is 15.0. The van der Waals surface area contributed by atoms with Crippen LogP contribution in [0.5, 0.6) is 0 Å². The van der Waals surface area contributed by atoms with Crippen LogP contribution >= 0.6 is 46.6 Å². The van der Waals surface area contributed by atoms with E-state index >= 15 is 0 Å². The number of rotatable bonds is 2. The first kappa shape index (κ1) is 21.8. The molecule has 1 aliphatic heterocycles. The van der Waals surface area contributed by atoms with Gasteiger partial charge in [0.1, 0.15) is 10.0 Å². The Morgan fingerprint density at radius 3 is 2.00 bits per heavy atom. The Hall–Kier alpha value is -2.98. The maximum atomic E-state index is 13.5. The Balaban J connectivity index is 2.04. The van der Waals surface area contributed by atoms with Crippen LogP contribution in [-0.4, -0.2) is 15.6 Å². The summed E-state index contributed by atoms with van der Waals surface area (Å²) in [4.78, 5) is 49.0. The lowest BCUT2D eigenvalue weighted by molar-refractivity contribution is -0.384. The van der Waals surface area contributed by atoms with Crippen molar-refractivity contribution in [1.29, 1.82) is 0 Å². The first-order valence-electron chi connectivity index (χ1n) is 9.12. The number of hydrogen-bond acceptors (Lipinski definition) is 7. The molecule has 4 aromatic carbocycles. The summed E-state index contributed by atoms with van der Waals surface area (Å²) in [7, 11) is 0. The fraction of sp³-hybridized carbons (Fsp3) is 0.0476. The lowest BCUT2D eigenvalue weighted by Crippen LogP contribution is -2.23. The van der Waals surface area contributed by atoms with E-state index in [4.69, 9.17) is 34.8 Å². The number of nitro benzene ring substituents is 2. The van der Waals surface area contributed by atoms with Gasteiger partial charge in [0.25, 0.3) is 11.4 Å². The first-order chi connectivity index (χ1) is 15.5. The van der Waals surface area contributed by atoms with Gasteiger partial charge in [-0.25, -0.2) is 0 Å². The highest BCUT2D eigenvalue weighted by Gasteiger charge is 2.34. The van der Waals surface area contributed by atoms with E-state index in [2.05, 4.69) is 0 Å². The summed E-state index contributed by atoms with van der Waals surface area (Å²) < 4.78 is 0. The van der Waals surface area contributed by atoms with Crippen LogP contribution in [0.3, 0.4) is 0 Å². The van der Waals surface area contributed by atoms with Crippen molar-refractivity contribution in [3.8, 4) is 0 Å². The number of nitrogens with zero attached hydrogens (tertiary/aromatic N) is 2. The van der Waals surface area contributed by atoms with Gasteiger partial charge in [0.2, 0.25) is 5.78 Å². The van der Waals surface area contributed by atoms with Gasteiger partial charge >= 0.3 is 0 Å². The van der Waals surface area contributed by atoms with Crippen molar-refractivity contribution < 1.29 is 14.6 Å². The fourth-order valence-corrected chi connectivity index (χ4v) is 6.45. The maximum Gasteiger partial charge on any atom is 0.289 e. The second kappa shape index (κ2) is 7.26. The molecule has 0 fully saturated rings. The molecule has 1 aliphatic rings. The van der Waals surface area contributed by atoms with Crippen LogP contribution in [0.4, 0.5) is 11.4 Å². The molecule has 12 heteroatoms. The van der Waals surface area contributed by atoms with E-state index in [0.717, 1.165) is 23.9 Å². The van der Waals surface area contributed by atoms with Crippen molar-refractivity contribution in [1.82, 2.24) is 0 Å². The van der Waals surface area contributed by atoms with Crippen LogP contribution in [0.25, 0.3) is 26.5 Å². The van der Waals surface area contributed by atoms with Crippen molar-refractivity contribution in [2.75, 3.05) is 0 Å². The molecule has 4 aromatic rings. The number of thioether (sulfide) groups is 1. The zero-order valence-corrected chi connectivity index (χ0v) is 19.3. The number of nitro groups is 2. The second-order valence-electron chi connectivity index (χ2n) is 7.34. The van der Waals surface area contributed by atoms with E-state index in [1.165, 1.54) is 0 Å². The van der Waals surface area contributed by atoms with Gasteiger partial charge in [-0.1, -0.05) is 46.6 Å². The largest absolute Gasteiger partial charge is 0.289 e. The summed E-state index contributed by atoms with van der Waals surface area (Å²) in [5.74, 6) is -0.438. The summed E-state index contributed by atoms with van der Waals surface area (Å²) in [6.07, 6.45) is 0. The number of aryl methyl sites for hydroxylation is 1. The molecule has 8 nitrogen and oxygen atoms in total. The lowest BCUT2D eigenvalue weighted by atomic mass is 10.0. The molecular formula is C21H7Cl3N2O6S. The van der Waals surface area contributed by atoms with Gasteiger partial charge in [0.05, 0.1) is 14.8 Å². The van der Waals surface area contributed by atoms with E-state index in [-0.39, 0.29) is 31.7 Å². The van der Waals surface area contributed by atoms with Crippen molar-refractivity contribution in [2.24, 2.45) is 0 Å². The Bertz CT molecular complexity index is 1730. The average Bonchev–Trinajstić information content (AvgIpc) is 3.18.